The zero-order chi connectivity index (χ0) is 17.2. The predicted octanol–water partition coefficient (Wildman–Crippen LogP) is 2.68. The molecular formula is C19H27FN2O2. The number of carbonyl (C=O) groups excluding carboxylic acids is 1. The number of nitrogens with zero attached hydrogens (tertiary/aromatic N) is 2. The second-order valence-electron chi connectivity index (χ2n) is 7.27. The Morgan fingerprint density at radius 2 is 2.12 bits per heavy atom. The summed E-state index contributed by atoms with van der Waals surface area (Å²) in [6, 6.07) is 6.66. The van der Waals surface area contributed by atoms with Crippen molar-refractivity contribution in [1.82, 2.24) is 9.80 Å². The summed E-state index contributed by atoms with van der Waals surface area (Å²) < 4.78 is 19.3. The molecule has 132 valence electrons. The lowest BCUT2D eigenvalue weighted by atomic mass is 9.79. The van der Waals surface area contributed by atoms with Gasteiger partial charge in [-0.05, 0) is 38.9 Å². The van der Waals surface area contributed by atoms with Crippen LogP contribution >= 0.6 is 0 Å². The van der Waals surface area contributed by atoms with E-state index in [0.717, 1.165) is 32.5 Å². The molecule has 0 aliphatic carbocycles. The first kappa shape index (κ1) is 17.4. The van der Waals surface area contributed by atoms with Gasteiger partial charge in [0.25, 0.3) is 0 Å². The highest BCUT2D eigenvalue weighted by Gasteiger charge is 2.43. The van der Waals surface area contributed by atoms with Crippen LogP contribution in [0.3, 0.4) is 0 Å². The van der Waals surface area contributed by atoms with Crippen LogP contribution in [0.1, 0.15) is 32.3 Å². The summed E-state index contributed by atoms with van der Waals surface area (Å²) in [5.41, 5.74) is 0.296. The van der Waals surface area contributed by atoms with Crippen molar-refractivity contribution < 1.29 is 13.9 Å². The Kier molecular flexibility index (Phi) is 5.21. The Morgan fingerprint density at radius 3 is 2.83 bits per heavy atom. The molecule has 3 rings (SSSR count). The molecule has 0 spiro atoms. The Labute approximate surface area is 143 Å². The molecule has 1 amide bonds. The van der Waals surface area contributed by atoms with Crippen molar-refractivity contribution in [3.63, 3.8) is 0 Å². The number of benzene rings is 1. The molecule has 2 saturated heterocycles. The average Bonchev–Trinajstić information content (AvgIpc) is 2.54. The SMILES string of the molecule is CCN1CCCC(C)(C(=O)N2CC(OCc3ccccc3F)C2)C1. The Balaban J connectivity index is 1.47. The number of hydrogen-bond donors (Lipinski definition) is 0. The fraction of sp³-hybridized carbons (Fsp3) is 0.632. The molecule has 2 heterocycles. The molecule has 1 atom stereocenters. The quantitative estimate of drug-likeness (QED) is 0.830. The van der Waals surface area contributed by atoms with Gasteiger partial charge in [-0.2, -0.15) is 0 Å². The first-order valence-electron chi connectivity index (χ1n) is 8.88. The van der Waals surface area contributed by atoms with Crippen LogP contribution in [-0.2, 0) is 16.1 Å². The molecule has 5 heteroatoms. The molecule has 2 aliphatic rings. The van der Waals surface area contributed by atoms with Crippen molar-refractivity contribution in [3.8, 4) is 0 Å². The molecule has 4 nitrogen and oxygen atoms in total. The summed E-state index contributed by atoms with van der Waals surface area (Å²) in [5.74, 6) is 0.00511. The molecule has 0 radical (unpaired) electrons. The van der Waals surface area contributed by atoms with E-state index in [-0.39, 0.29) is 29.9 Å². The molecule has 0 N–H and O–H groups in total. The van der Waals surface area contributed by atoms with E-state index < -0.39 is 0 Å². The number of hydrogen-bond acceptors (Lipinski definition) is 3. The highest BCUT2D eigenvalue weighted by molar-refractivity contribution is 5.83. The summed E-state index contributed by atoms with van der Waals surface area (Å²) in [6.45, 7) is 8.67. The maximum absolute atomic E-state index is 13.6. The van der Waals surface area contributed by atoms with E-state index in [4.69, 9.17) is 4.74 Å². The van der Waals surface area contributed by atoms with Crippen LogP contribution in [0.2, 0.25) is 0 Å². The van der Waals surface area contributed by atoms with Gasteiger partial charge in [0.05, 0.1) is 18.1 Å². The Hall–Kier alpha value is -1.46. The van der Waals surface area contributed by atoms with Crippen LogP contribution in [0.25, 0.3) is 0 Å². The molecular weight excluding hydrogens is 307 g/mol. The number of ether oxygens (including phenoxy) is 1. The maximum Gasteiger partial charge on any atom is 0.229 e. The minimum atomic E-state index is -0.273. The van der Waals surface area contributed by atoms with Crippen LogP contribution < -0.4 is 0 Å². The van der Waals surface area contributed by atoms with E-state index in [2.05, 4.69) is 18.7 Å². The molecule has 0 bridgehead atoms. The molecule has 1 unspecified atom stereocenters. The Bertz CT molecular complexity index is 588. The monoisotopic (exact) mass is 334 g/mol. The first-order chi connectivity index (χ1) is 11.5. The van der Waals surface area contributed by atoms with Crippen molar-refractivity contribution in [2.45, 2.75) is 39.4 Å². The van der Waals surface area contributed by atoms with Crippen LogP contribution in [0.5, 0.6) is 0 Å². The number of amides is 1. The molecule has 1 aromatic carbocycles. The molecule has 24 heavy (non-hydrogen) atoms. The van der Waals surface area contributed by atoms with Gasteiger partial charge in [-0.1, -0.05) is 25.1 Å². The minimum Gasteiger partial charge on any atom is -0.370 e. The second-order valence-corrected chi connectivity index (χ2v) is 7.27. The van der Waals surface area contributed by atoms with Gasteiger partial charge in [-0.15, -0.1) is 0 Å². The van der Waals surface area contributed by atoms with Gasteiger partial charge in [0.15, 0.2) is 0 Å². The van der Waals surface area contributed by atoms with Gasteiger partial charge >= 0.3 is 0 Å². The third-order valence-electron chi connectivity index (χ3n) is 5.31. The smallest absolute Gasteiger partial charge is 0.229 e. The zero-order valence-corrected chi connectivity index (χ0v) is 14.6. The maximum atomic E-state index is 13.6. The van der Waals surface area contributed by atoms with Crippen molar-refractivity contribution in [2.75, 3.05) is 32.7 Å². The van der Waals surface area contributed by atoms with Crippen LogP contribution in [0, 0.1) is 11.2 Å². The largest absolute Gasteiger partial charge is 0.370 e. The van der Waals surface area contributed by atoms with Crippen LogP contribution in [0.4, 0.5) is 4.39 Å². The summed E-state index contributed by atoms with van der Waals surface area (Å²) in [5, 5.41) is 0. The number of piperidine rings is 1. The van der Waals surface area contributed by atoms with E-state index in [1.54, 1.807) is 12.1 Å². The molecule has 2 fully saturated rings. The van der Waals surface area contributed by atoms with E-state index in [0.29, 0.717) is 18.7 Å². The molecule has 2 aliphatic heterocycles. The van der Waals surface area contributed by atoms with E-state index >= 15 is 0 Å². The van der Waals surface area contributed by atoms with Crippen molar-refractivity contribution in [1.29, 1.82) is 0 Å². The minimum absolute atomic E-state index is 0.0167. The van der Waals surface area contributed by atoms with E-state index in [1.165, 1.54) is 6.07 Å². The van der Waals surface area contributed by atoms with E-state index in [1.807, 2.05) is 11.0 Å². The topological polar surface area (TPSA) is 32.8 Å². The second kappa shape index (κ2) is 7.19. The number of carbonyl (C=O) groups is 1. The fourth-order valence-electron chi connectivity index (χ4n) is 3.70. The van der Waals surface area contributed by atoms with Gasteiger partial charge in [-0.3, -0.25) is 4.79 Å². The van der Waals surface area contributed by atoms with Crippen molar-refractivity contribution >= 4 is 5.91 Å². The molecule has 0 saturated carbocycles. The normalized spacial score (nSPS) is 25.5. The lowest BCUT2D eigenvalue weighted by Gasteiger charge is -2.46. The van der Waals surface area contributed by atoms with Crippen molar-refractivity contribution in [2.24, 2.45) is 5.41 Å². The summed E-state index contributed by atoms with van der Waals surface area (Å²) >= 11 is 0. The summed E-state index contributed by atoms with van der Waals surface area (Å²) in [6.07, 6.45) is 2.06. The van der Waals surface area contributed by atoms with Gasteiger partial charge in [0.2, 0.25) is 5.91 Å². The van der Waals surface area contributed by atoms with Gasteiger partial charge in [0.1, 0.15) is 5.82 Å². The number of likely N-dealkylation sites (tertiary alicyclic amines) is 2. The summed E-state index contributed by atoms with van der Waals surface area (Å²) in [7, 11) is 0. The fourth-order valence-corrected chi connectivity index (χ4v) is 3.70. The molecule has 1 aromatic rings. The van der Waals surface area contributed by atoms with Crippen molar-refractivity contribution in [3.05, 3.63) is 35.6 Å². The highest BCUT2D eigenvalue weighted by atomic mass is 19.1. The van der Waals surface area contributed by atoms with Crippen LogP contribution in [0.15, 0.2) is 24.3 Å². The van der Waals surface area contributed by atoms with E-state index in [9.17, 15) is 9.18 Å². The summed E-state index contributed by atoms with van der Waals surface area (Å²) in [4.78, 5) is 17.1. The molecule has 0 aromatic heterocycles. The number of halogens is 1. The third kappa shape index (κ3) is 3.62. The zero-order valence-electron chi connectivity index (χ0n) is 14.6. The lowest BCUT2D eigenvalue weighted by molar-refractivity contribution is -0.159. The lowest BCUT2D eigenvalue weighted by Crippen LogP contribution is -2.60. The highest BCUT2D eigenvalue weighted by Crippen LogP contribution is 2.33. The third-order valence-corrected chi connectivity index (χ3v) is 5.31. The van der Waals surface area contributed by atoms with Gasteiger partial charge < -0.3 is 14.5 Å². The number of rotatable bonds is 5. The van der Waals surface area contributed by atoms with Crippen LogP contribution in [-0.4, -0.2) is 54.5 Å². The average molecular weight is 334 g/mol. The van der Waals surface area contributed by atoms with Gasteiger partial charge in [-0.25, -0.2) is 4.39 Å². The standard InChI is InChI=1S/C19H27FN2O2/c1-3-21-10-6-9-19(2,14-21)18(23)22-11-16(12-22)24-13-15-7-4-5-8-17(15)20/h4-5,7-8,16H,3,6,9-14H2,1-2H3. The Morgan fingerprint density at radius 1 is 1.38 bits per heavy atom. The predicted molar refractivity (Wildman–Crippen MR) is 91.0 cm³/mol. The van der Waals surface area contributed by atoms with Gasteiger partial charge in [0, 0.05) is 25.2 Å². The first-order valence-corrected chi connectivity index (χ1v) is 8.88.